The molecule has 2 unspecified atom stereocenters. The summed E-state index contributed by atoms with van der Waals surface area (Å²) in [7, 11) is 0. The van der Waals surface area contributed by atoms with E-state index in [1.165, 1.54) is 64.2 Å². The Labute approximate surface area is 171 Å². The van der Waals surface area contributed by atoms with Gasteiger partial charge >= 0.3 is 0 Å². The average Bonchev–Trinajstić information content (AvgIpc) is 2.72. The first-order valence-corrected chi connectivity index (χ1v) is 11.9. The van der Waals surface area contributed by atoms with Gasteiger partial charge in [-0.2, -0.15) is 0 Å². The molecule has 0 bridgehead atoms. The molecule has 0 aromatic carbocycles. The number of fused-ring (bicyclic) bond motifs is 1. The van der Waals surface area contributed by atoms with E-state index in [0.29, 0.717) is 12.3 Å². The summed E-state index contributed by atoms with van der Waals surface area (Å²) in [5.41, 5.74) is 0. The number of likely N-dealkylation sites (tertiary alicyclic amines) is 1. The highest BCUT2D eigenvalue weighted by Crippen LogP contribution is 2.36. The van der Waals surface area contributed by atoms with E-state index in [2.05, 4.69) is 15.5 Å². The number of nitrogens with one attached hydrogen (secondary N) is 2. The molecular formula is C22H39N3OS. The Bertz CT molecular complexity index is 478. The van der Waals surface area contributed by atoms with E-state index in [4.69, 9.17) is 12.2 Å². The van der Waals surface area contributed by atoms with Gasteiger partial charge in [-0.15, -0.1) is 0 Å². The van der Waals surface area contributed by atoms with Gasteiger partial charge in [0, 0.05) is 32.6 Å². The molecule has 3 aliphatic rings. The largest absolute Gasteiger partial charge is 0.363 e. The minimum atomic E-state index is 0.372. The van der Waals surface area contributed by atoms with Crippen LogP contribution in [0, 0.1) is 17.8 Å². The van der Waals surface area contributed by atoms with Crippen LogP contribution in [0.25, 0.3) is 0 Å². The van der Waals surface area contributed by atoms with Gasteiger partial charge in [0.1, 0.15) is 0 Å². The fraction of sp³-hybridized carbons (Fsp3) is 0.909. The minimum absolute atomic E-state index is 0.372. The molecule has 27 heavy (non-hydrogen) atoms. The van der Waals surface area contributed by atoms with Crippen molar-refractivity contribution in [2.75, 3.05) is 26.2 Å². The number of rotatable bonds is 7. The lowest BCUT2D eigenvalue weighted by Crippen LogP contribution is -2.44. The molecule has 4 nitrogen and oxygen atoms in total. The number of hydrogen-bond acceptors (Lipinski definition) is 2. The van der Waals surface area contributed by atoms with Crippen molar-refractivity contribution in [2.24, 2.45) is 17.8 Å². The molecule has 5 heteroatoms. The third kappa shape index (κ3) is 6.92. The van der Waals surface area contributed by atoms with Gasteiger partial charge in [0.05, 0.1) is 0 Å². The number of nitrogens with zero attached hydrogens (tertiary/aromatic N) is 1. The van der Waals surface area contributed by atoms with E-state index in [1.807, 2.05) is 0 Å². The predicted molar refractivity (Wildman–Crippen MR) is 116 cm³/mol. The van der Waals surface area contributed by atoms with Gasteiger partial charge in [0.25, 0.3) is 0 Å². The molecule has 2 atom stereocenters. The maximum absolute atomic E-state index is 12.5. The maximum atomic E-state index is 12.5. The fourth-order valence-electron chi connectivity index (χ4n) is 5.28. The summed E-state index contributed by atoms with van der Waals surface area (Å²) in [5.74, 6) is 2.85. The number of carbonyl (C=O) groups is 1. The van der Waals surface area contributed by atoms with Crippen LogP contribution in [-0.2, 0) is 4.79 Å². The number of carbonyl (C=O) groups excluding carboxylic acids is 1. The van der Waals surface area contributed by atoms with E-state index in [0.717, 1.165) is 61.9 Å². The molecule has 2 N–H and O–H groups in total. The van der Waals surface area contributed by atoms with E-state index < -0.39 is 0 Å². The average molecular weight is 394 g/mol. The molecule has 3 fully saturated rings. The Hall–Kier alpha value is -0.840. The molecule has 2 aliphatic carbocycles. The predicted octanol–water partition coefficient (Wildman–Crippen LogP) is 4.24. The quantitative estimate of drug-likeness (QED) is 0.502. The van der Waals surface area contributed by atoms with Crippen molar-refractivity contribution in [3.8, 4) is 0 Å². The third-order valence-corrected chi connectivity index (χ3v) is 7.31. The van der Waals surface area contributed by atoms with Crippen molar-refractivity contribution in [2.45, 2.75) is 83.5 Å². The van der Waals surface area contributed by atoms with Gasteiger partial charge in [-0.3, -0.25) is 4.79 Å². The summed E-state index contributed by atoms with van der Waals surface area (Å²) in [5, 5.41) is 7.47. The Morgan fingerprint density at radius 1 is 0.889 bits per heavy atom. The van der Waals surface area contributed by atoms with Crippen LogP contribution in [0.3, 0.4) is 0 Å². The topological polar surface area (TPSA) is 44.4 Å². The van der Waals surface area contributed by atoms with Crippen molar-refractivity contribution < 1.29 is 4.79 Å². The van der Waals surface area contributed by atoms with Crippen LogP contribution in [-0.4, -0.2) is 42.1 Å². The summed E-state index contributed by atoms with van der Waals surface area (Å²) in [4.78, 5) is 14.7. The number of amides is 1. The van der Waals surface area contributed by atoms with Crippen LogP contribution >= 0.6 is 12.2 Å². The van der Waals surface area contributed by atoms with Crippen molar-refractivity contribution in [3.63, 3.8) is 0 Å². The van der Waals surface area contributed by atoms with E-state index in [1.54, 1.807) is 0 Å². The summed E-state index contributed by atoms with van der Waals surface area (Å²) in [6.45, 7) is 3.90. The molecule has 0 spiro atoms. The van der Waals surface area contributed by atoms with Crippen LogP contribution in [0.1, 0.15) is 83.5 Å². The second-order valence-electron chi connectivity index (χ2n) is 9.03. The zero-order valence-electron chi connectivity index (χ0n) is 17.0. The third-order valence-electron chi connectivity index (χ3n) is 7.02. The normalized spacial score (nSPS) is 26.3. The van der Waals surface area contributed by atoms with E-state index >= 15 is 0 Å². The lowest BCUT2D eigenvalue weighted by atomic mass is 9.75. The van der Waals surface area contributed by atoms with Crippen LogP contribution in [0.4, 0.5) is 0 Å². The molecule has 0 aromatic heterocycles. The molecule has 0 radical (unpaired) electrons. The Morgan fingerprint density at radius 3 is 2.44 bits per heavy atom. The summed E-state index contributed by atoms with van der Waals surface area (Å²) < 4.78 is 0. The highest BCUT2D eigenvalue weighted by molar-refractivity contribution is 7.80. The summed E-state index contributed by atoms with van der Waals surface area (Å²) in [6, 6.07) is 0. The zero-order chi connectivity index (χ0) is 18.9. The number of thiocarbonyl (C=S) groups is 1. The molecule has 2 saturated carbocycles. The van der Waals surface area contributed by atoms with Crippen molar-refractivity contribution in [3.05, 3.63) is 0 Å². The molecule has 3 rings (SSSR count). The zero-order valence-corrected chi connectivity index (χ0v) is 17.8. The van der Waals surface area contributed by atoms with E-state index in [-0.39, 0.29) is 0 Å². The monoisotopic (exact) mass is 393 g/mol. The molecule has 1 saturated heterocycles. The second kappa shape index (κ2) is 11.2. The Kier molecular flexibility index (Phi) is 8.69. The highest BCUT2D eigenvalue weighted by Gasteiger charge is 2.32. The number of hydrogen-bond donors (Lipinski definition) is 2. The molecule has 1 aliphatic heterocycles. The second-order valence-corrected chi connectivity index (χ2v) is 9.44. The minimum Gasteiger partial charge on any atom is -0.363 e. The van der Waals surface area contributed by atoms with Crippen molar-refractivity contribution in [1.82, 2.24) is 15.5 Å². The first kappa shape index (κ1) is 20.9. The molecule has 154 valence electrons. The fourth-order valence-corrected chi connectivity index (χ4v) is 5.46. The van der Waals surface area contributed by atoms with Gasteiger partial charge < -0.3 is 15.5 Å². The molecule has 1 heterocycles. The lowest BCUT2D eigenvalue weighted by Gasteiger charge is -2.41. The van der Waals surface area contributed by atoms with Gasteiger partial charge in [0.15, 0.2) is 5.11 Å². The highest BCUT2D eigenvalue weighted by atomic mass is 32.1. The van der Waals surface area contributed by atoms with Crippen LogP contribution in [0.5, 0.6) is 0 Å². The van der Waals surface area contributed by atoms with Crippen LogP contribution in [0.15, 0.2) is 0 Å². The van der Waals surface area contributed by atoms with Gasteiger partial charge in [-0.1, -0.05) is 38.5 Å². The van der Waals surface area contributed by atoms with Gasteiger partial charge in [-0.05, 0) is 68.5 Å². The SMILES string of the molecule is O=C(CCCCNC(=S)NCC1CCCCC1)N1CCC2CCCCC2C1. The first-order chi connectivity index (χ1) is 13.2. The van der Waals surface area contributed by atoms with Gasteiger partial charge in [0.2, 0.25) is 5.91 Å². The lowest BCUT2D eigenvalue weighted by molar-refractivity contribution is -0.134. The van der Waals surface area contributed by atoms with Crippen molar-refractivity contribution >= 4 is 23.2 Å². The molecule has 0 aromatic rings. The number of unbranched alkanes of at least 4 members (excludes halogenated alkanes) is 1. The van der Waals surface area contributed by atoms with Crippen molar-refractivity contribution in [1.29, 1.82) is 0 Å². The number of piperidine rings is 1. The molecular weight excluding hydrogens is 354 g/mol. The first-order valence-electron chi connectivity index (χ1n) is 11.5. The smallest absolute Gasteiger partial charge is 0.222 e. The van der Waals surface area contributed by atoms with E-state index in [9.17, 15) is 4.79 Å². The standard InChI is InChI=1S/C22H39N3OS/c26-21(25-15-13-19-10-4-5-11-20(19)17-25)12-6-7-14-23-22(27)24-16-18-8-2-1-3-9-18/h18-20H,1-17H2,(H2,23,24,27). The maximum Gasteiger partial charge on any atom is 0.222 e. The summed E-state index contributed by atoms with van der Waals surface area (Å²) >= 11 is 5.38. The molecule has 1 amide bonds. The Balaban J connectivity index is 1.21. The Morgan fingerprint density at radius 2 is 1.63 bits per heavy atom. The summed E-state index contributed by atoms with van der Waals surface area (Å²) in [6.07, 6.45) is 16.2. The van der Waals surface area contributed by atoms with Crippen LogP contribution in [0.2, 0.25) is 0 Å². The van der Waals surface area contributed by atoms with Gasteiger partial charge in [-0.25, -0.2) is 0 Å². The van der Waals surface area contributed by atoms with Crippen LogP contribution < -0.4 is 10.6 Å².